The molecule has 0 N–H and O–H groups in total. The van der Waals surface area contributed by atoms with Crippen LogP contribution in [-0.2, 0) is 6.42 Å². The summed E-state index contributed by atoms with van der Waals surface area (Å²) in [5, 5.41) is 3.68. The standard InChI is InChI=1S/C51H39NO/c1-3-18-47-35(2)45-33-39(41-28-16-24-38-23-8-4-5-15-32-53-51(38)41)30-31-48(45)52(47)40-25-17-29-44-46(34-40)50(37-21-11-7-12-22-37)43-27-14-13-26-42(43)49(44)36-19-9-6-10-20-36/h3-16,18-22,24-31,33-34H,23,32H2,1-2H3/b8-4-,15-5-,18-3-. The number of benzene rings is 6. The number of para-hydroxylation sites is 1. The largest absolute Gasteiger partial charge is 0.489 e. The van der Waals surface area contributed by atoms with E-state index in [9.17, 15) is 0 Å². The van der Waals surface area contributed by atoms with E-state index >= 15 is 0 Å². The molecule has 0 unspecified atom stereocenters. The van der Waals surface area contributed by atoms with E-state index in [-0.39, 0.29) is 0 Å². The van der Waals surface area contributed by atoms with Crippen LogP contribution in [0.2, 0.25) is 0 Å². The third kappa shape index (κ3) is 5.71. The van der Waals surface area contributed by atoms with Crippen molar-refractivity contribution in [2.75, 3.05) is 6.61 Å². The van der Waals surface area contributed by atoms with E-state index in [0.717, 1.165) is 40.2 Å². The van der Waals surface area contributed by atoms with E-state index in [2.05, 4.69) is 200 Å². The highest BCUT2D eigenvalue weighted by molar-refractivity contribution is 6.13. The minimum absolute atomic E-state index is 0.541. The number of aryl methyl sites for hydroxylation is 1. The predicted molar refractivity (Wildman–Crippen MR) is 226 cm³/mol. The molecule has 9 rings (SSSR count). The van der Waals surface area contributed by atoms with Crippen molar-refractivity contribution < 1.29 is 4.74 Å². The van der Waals surface area contributed by atoms with Gasteiger partial charge in [0.15, 0.2) is 0 Å². The molecular weight excluding hydrogens is 643 g/mol. The first-order chi connectivity index (χ1) is 26.2. The summed E-state index contributed by atoms with van der Waals surface area (Å²) < 4.78 is 8.80. The number of aromatic nitrogens is 1. The molecule has 254 valence electrons. The van der Waals surface area contributed by atoms with Gasteiger partial charge >= 0.3 is 0 Å². The molecule has 53 heavy (non-hydrogen) atoms. The van der Waals surface area contributed by atoms with Crippen molar-refractivity contribution in [1.29, 1.82) is 0 Å². The van der Waals surface area contributed by atoms with E-state index in [1.807, 2.05) is 0 Å². The van der Waals surface area contributed by atoms with Crippen LogP contribution in [-0.4, -0.2) is 11.2 Å². The Morgan fingerprint density at radius 1 is 0.660 bits per heavy atom. The second-order valence-electron chi connectivity index (χ2n) is 13.6. The number of ether oxygens (including phenoxy) is 1. The van der Waals surface area contributed by atoms with Gasteiger partial charge in [-0.15, -0.1) is 5.73 Å². The lowest BCUT2D eigenvalue weighted by atomic mass is 9.83. The summed E-state index contributed by atoms with van der Waals surface area (Å²) in [4.78, 5) is 0. The minimum atomic E-state index is 0.541. The third-order valence-electron chi connectivity index (χ3n) is 10.5. The maximum atomic E-state index is 6.40. The number of nitrogens with zero attached hydrogens (tertiary/aromatic N) is 1. The summed E-state index contributed by atoms with van der Waals surface area (Å²) in [6.45, 7) is 4.87. The first-order valence-corrected chi connectivity index (χ1v) is 18.4. The van der Waals surface area contributed by atoms with E-state index in [0.29, 0.717) is 6.61 Å². The molecule has 2 heterocycles. The number of rotatable bonds is 5. The van der Waals surface area contributed by atoms with E-state index < -0.39 is 0 Å². The zero-order valence-corrected chi connectivity index (χ0v) is 30.0. The van der Waals surface area contributed by atoms with Gasteiger partial charge in [0.25, 0.3) is 0 Å². The van der Waals surface area contributed by atoms with E-state index in [1.165, 1.54) is 60.7 Å². The lowest BCUT2D eigenvalue weighted by Crippen LogP contribution is -2.00. The zero-order chi connectivity index (χ0) is 35.7. The summed E-state index contributed by atoms with van der Waals surface area (Å²) >= 11 is 0. The SMILES string of the molecule is C/C=C\c1c(C)c2cc(-c3cccc4c3OC/C=C\C=C/C4)ccc2n1C1=Cc2c(c(-c3ccccc3)c3ccccc3c2-c2ccccc2)C=C=C1. The average molecular weight is 682 g/mol. The highest BCUT2D eigenvalue weighted by Gasteiger charge is 2.23. The minimum Gasteiger partial charge on any atom is -0.489 e. The summed E-state index contributed by atoms with van der Waals surface area (Å²) in [5.74, 6) is 0.958. The van der Waals surface area contributed by atoms with Gasteiger partial charge < -0.3 is 9.30 Å². The first kappa shape index (κ1) is 32.3. The van der Waals surface area contributed by atoms with Crippen LogP contribution in [0.5, 0.6) is 5.75 Å². The fourth-order valence-electron chi connectivity index (χ4n) is 8.09. The van der Waals surface area contributed by atoms with Gasteiger partial charge in [0, 0.05) is 22.7 Å². The Bertz CT molecular complexity index is 2730. The van der Waals surface area contributed by atoms with Crippen molar-refractivity contribution in [3.8, 4) is 39.1 Å². The maximum absolute atomic E-state index is 6.40. The molecule has 1 aromatic heterocycles. The van der Waals surface area contributed by atoms with Crippen LogP contribution in [0.3, 0.4) is 0 Å². The Hall–Kier alpha value is -6.60. The maximum Gasteiger partial charge on any atom is 0.131 e. The van der Waals surface area contributed by atoms with Crippen molar-refractivity contribution >= 4 is 45.6 Å². The Morgan fingerprint density at radius 2 is 1.36 bits per heavy atom. The fourth-order valence-corrected chi connectivity index (χ4v) is 8.09. The van der Waals surface area contributed by atoms with Gasteiger partial charge in [-0.3, -0.25) is 0 Å². The predicted octanol–water partition coefficient (Wildman–Crippen LogP) is 13.4. The zero-order valence-electron chi connectivity index (χ0n) is 30.0. The summed E-state index contributed by atoms with van der Waals surface area (Å²) in [6.07, 6.45) is 20.3. The van der Waals surface area contributed by atoms with E-state index in [4.69, 9.17) is 4.74 Å². The molecule has 2 aliphatic rings. The smallest absolute Gasteiger partial charge is 0.131 e. The van der Waals surface area contributed by atoms with Crippen molar-refractivity contribution in [3.63, 3.8) is 0 Å². The molecule has 0 amide bonds. The molecular formula is C51H39NO. The number of hydrogen-bond donors (Lipinski definition) is 0. The molecule has 0 fully saturated rings. The molecule has 6 aromatic carbocycles. The Kier molecular flexibility index (Phi) is 8.44. The van der Waals surface area contributed by atoms with Gasteiger partial charge in [-0.1, -0.05) is 133 Å². The Morgan fingerprint density at radius 3 is 2.09 bits per heavy atom. The molecule has 7 aromatic rings. The van der Waals surface area contributed by atoms with Crippen molar-refractivity contribution in [2.24, 2.45) is 0 Å². The third-order valence-corrected chi connectivity index (χ3v) is 10.5. The first-order valence-electron chi connectivity index (χ1n) is 18.4. The Labute approximate surface area is 311 Å². The van der Waals surface area contributed by atoms with Crippen molar-refractivity contribution in [2.45, 2.75) is 20.3 Å². The lowest BCUT2D eigenvalue weighted by Gasteiger charge is -2.20. The molecule has 0 bridgehead atoms. The molecule has 0 saturated heterocycles. The van der Waals surface area contributed by atoms with Gasteiger partial charge in [-0.05, 0) is 118 Å². The molecule has 2 nitrogen and oxygen atoms in total. The van der Waals surface area contributed by atoms with Gasteiger partial charge in [-0.2, -0.15) is 0 Å². The molecule has 0 spiro atoms. The van der Waals surface area contributed by atoms with Crippen molar-refractivity contribution in [3.05, 3.63) is 191 Å². The number of allylic oxidation sites excluding steroid dienone is 6. The average Bonchev–Trinajstić information content (AvgIpc) is 3.39. The fraction of sp³-hybridized carbons (Fsp3) is 0.0784. The molecule has 1 aliphatic heterocycles. The molecule has 2 heteroatoms. The van der Waals surface area contributed by atoms with Gasteiger partial charge in [0.1, 0.15) is 12.4 Å². The second-order valence-corrected chi connectivity index (χ2v) is 13.6. The normalized spacial score (nSPS) is 14.9. The van der Waals surface area contributed by atoms with Crippen LogP contribution in [0.25, 0.3) is 79.0 Å². The number of fused-ring (bicyclic) bond motifs is 4. The Balaban J connectivity index is 1.30. The lowest BCUT2D eigenvalue weighted by molar-refractivity contribution is 0.361. The molecule has 1 aliphatic carbocycles. The van der Waals surface area contributed by atoms with Gasteiger partial charge in [-0.25, -0.2) is 0 Å². The topological polar surface area (TPSA) is 14.2 Å². The quantitative estimate of drug-likeness (QED) is 0.165. The highest BCUT2D eigenvalue weighted by atomic mass is 16.5. The molecule has 0 radical (unpaired) electrons. The highest BCUT2D eigenvalue weighted by Crippen LogP contribution is 2.45. The van der Waals surface area contributed by atoms with Crippen LogP contribution >= 0.6 is 0 Å². The van der Waals surface area contributed by atoms with Crippen LogP contribution in [0.4, 0.5) is 0 Å². The van der Waals surface area contributed by atoms with Crippen LogP contribution in [0.15, 0.2) is 164 Å². The van der Waals surface area contributed by atoms with Crippen LogP contribution in [0.1, 0.15) is 34.9 Å². The van der Waals surface area contributed by atoms with Crippen LogP contribution < -0.4 is 4.74 Å². The van der Waals surface area contributed by atoms with Gasteiger partial charge in [0.05, 0.1) is 11.2 Å². The van der Waals surface area contributed by atoms with E-state index in [1.54, 1.807) is 0 Å². The van der Waals surface area contributed by atoms with Crippen LogP contribution in [0, 0.1) is 6.92 Å². The monoisotopic (exact) mass is 681 g/mol. The number of hydrogen-bond acceptors (Lipinski definition) is 1. The summed E-state index contributed by atoms with van der Waals surface area (Å²) in [7, 11) is 0. The molecule has 0 atom stereocenters. The van der Waals surface area contributed by atoms with Gasteiger partial charge in [0.2, 0.25) is 0 Å². The van der Waals surface area contributed by atoms with Crippen molar-refractivity contribution in [1.82, 2.24) is 4.57 Å². The summed E-state index contributed by atoms with van der Waals surface area (Å²) in [5.41, 5.74) is 18.9. The summed E-state index contributed by atoms with van der Waals surface area (Å²) in [6, 6.07) is 43.8. The second kappa shape index (κ2) is 13.8. The molecule has 0 saturated carbocycles.